The second kappa shape index (κ2) is 6.36. The van der Waals surface area contributed by atoms with Crippen molar-refractivity contribution in [1.29, 1.82) is 0 Å². The molecule has 1 heterocycles. The van der Waals surface area contributed by atoms with Gasteiger partial charge in [0.2, 0.25) is 5.90 Å². The molecule has 0 radical (unpaired) electrons. The third kappa shape index (κ3) is 2.66. The fourth-order valence-electron chi connectivity index (χ4n) is 2.57. The molecule has 1 unspecified atom stereocenters. The Morgan fingerprint density at radius 2 is 1.68 bits per heavy atom. The molecule has 0 aliphatic carbocycles. The second-order valence-electron chi connectivity index (χ2n) is 5.14. The van der Waals surface area contributed by atoms with E-state index in [-0.39, 0.29) is 5.97 Å². The Balaban J connectivity index is 2.05. The molecule has 0 spiro atoms. The highest BCUT2D eigenvalue weighted by Gasteiger charge is 2.47. The Hall–Kier alpha value is -2.07. The number of carbonyl (C=O) groups is 1. The number of esters is 1. The van der Waals surface area contributed by atoms with Gasteiger partial charge in [0.25, 0.3) is 0 Å². The molecule has 2 aromatic carbocycles. The molecule has 1 atom stereocenters. The van der Waals surface area contributed by atoms with Crippen molar-refractivity contribution in [2.45, 2.75) is 12.0 Å². The van der Waals surface area contributed by atoms with Crippen molar-refractivity contribution in [2.24, 2.45) is 4.99 Å². The minimum atomic E-state index is -0.921. The molecule has 0 bridgehead atoms. The quantitative estimate of drug-likeness (QED) is 0.791. The van der Waals surface area contributed by atoms with Crippen molar-refractivity contribution in [3.05, 3.63) is 71.8 Å². The van der Waals surface area contributed by atoms with Crippen LogP contribution in [-0.2, 0) is 15.1 Å². The Morgan fingerprint density at radius 3 is 2.32 bits per heavy atom. The van der Waals surface area contributed by atoms with E-state index in [1.807, 2.05) is 66.9 Å². The van der Waals surface area contributed by atoms with E-state index in [1.165, 1.54) is 0 Å². The molecule has 0 amide bonds. The Kier molecular flexibility index (Phi) is 4.29. The van der Waals surface area contributed by atoms with Gasteiger partial charge in [-0.05, 0) is 36.1 Å². The first-order valence-electron chi connectivity index (χ1n) is 7.18. The summed E-state index contributed by atoms with van der Waals surface area (Å²) in [5.74, 6) is 0.970. The van der Waals surface area contributed by atoms with Gasteiger partial charge in [0.15, 0.2) is 5.54 Å². The maximum absolute atomic E-state index is 12.6. The summed E-state index contributed by atoms with van der Waals surface area (Å²) in [4.78, 5) is 17.4. The largest absolute Gasteiger partial charge is 0.405 e. The summed E-state index contributed by atoms with van der Waals surface area (Å²) in [5.41, 5.74) is 0.799. The highest BCUT2D eigenvalue weighted by molar-refractivity contribution is 7.98. The second-order valence-corrected chi connectivity index (χ2v) is 6.13. The van der Waals surface area contributed by atoms with Crippen LogP contribution in [0.15, 0.2) is 65.7 Å². The van der Waals surface area contributed by atoms with E-state index in [0.717, 1.165) is 16.9 Å². The zero-order valence-corrected chi connectivity index (χ0v) is 13.2. The molecule has 0 saturated carbocycles. The number of nitrogens with zero attached hydrogens (tertiary/aromatic N) is 1. The van der Waals surface area contributed by atoms with Gasteiger partial charge < -0.3 is 4.74 Å². The predicted molar refractivity (Wildman–Crippen MR) is 90.2 cm³/mol. The van der Waals surface area contributed by atoms with Gasteiger partial charge in [-0.3, -0.25) is 0 Å². The smallest absolute Gasteiger partial charge is 0.345 e. The van der Waals surface area contributed by atoms with Gasteiger partial charge in [-0.2, -0.15) is 11.8 Å². The molecule has 112 valence electrons. The molecule has 0 N–H and O–H groups in total. The standard InChI is InChI=1S/C18H17NO2S/c1-22-13-12-18(15-10-6-3-7-11-15)17(20)21-16(19-18)14-8-4-2-5-9-14/h2-11H,12-13H2,1H3. The summed E-state index contributed by atoms with van der Waals surface area (Å²) in [7, 11) is 0. The molecule has 1 aliphatic rings. The van der Waals surface area contributed by atoms with E-state index in [0.29, 0.717) is 12.3 Å². The minimum Gasteiger partial charge on any atom is -0.405 e. The monoisotopic (exact) mass is 311 g/mol. The Morgan fingerprint density at radius 1 is 1.05 bits per heavy atom. The van der Waals surface area contributed by atoms with Crippen LogP contribution in [-0.4, -0.2) is 23.9 Å². The zero-order valence-electron chi connectivity index (χ0n) is 12.4. The number of ether oxygens (including phenoxy) is 1. The Bertz CT molecular complexity index is 685. The molecular formula is C18H17NO2S. The normalized spacial score (nSPS) is 20.6. The van der Waals surface area contributed by atoms with Gasteiger partial charge in [-0.25, -0.2) is 9.79 Å². The van der Waals surface area contributed by atoms with E-state index in [1.54, 1.807) is 11.8 Å². The molecule has 3 rings (SSSR count). The lowest BCUT2D eigenvalue weighted by atomic mass is 9.88. The summed E-state index contributed by atoms with van der Waals surface area (Å²) in [5, 5.41) is 0. The number of cyclic esters (lactones) is 1. The van der Waals surface area contributed by atoms with E-state index in [4.69, 9.17) is 9.73 Å². The topological polar surface area (TPSA) is 38.7 Å². The highest BCUT2D eigenvalue weighted by Crippen LogP contribution is 2.37. The van der Waals surface area contributed by atoms with Gasteiger partial charge in [0.05, 0.1) is 0 Å². The summed E-state index contributed by atoms with van der Waals surface area (Å²) >= 11 is 1.70. The van der Waals surface area contributed by atoms with Crippen molar-refractivity contribution >= 4 is 23.6 Å². The molecule has 4 heteroatoms. The molecule has 2 aromatic rings. The predicted octanol–water partition coefficient (Wildman–Crippen LogP) is 3.64. The van der Waals surface area contributed by atoms with Crippen molar-refractivity contribution in [3.63, 3.8) is 0 Å². The zero-order chi connectivity index (χ0) is 15.4. The molecule has 0 saturated heterocycles. The van der Waals surface area contributed by atoms with Gasteiger partial charge in [0, 0.05) is 5.56 Å². The van der Waals surface area contributed by atoms with Crippen LogP contribution in [0, 0.1) is 0 Å². The summed E-state index contributed by atoms with van der Waals surface area (Å²) < 4.78 is 5.52. The molecular weight excluding hydrogens is 294 g/mol. The van der Waals surface area contributed by atoms with E-state index in [2.05, 4.69) is 0 Å². The fraction of sp³-hybridized carbons (Fsp3) is 0.222. The number of rotatable bonds is 5. The maximum atomic E-state index is 12.6. The van der Waals surface area contributed by atoms with Gasteiger partial charge >= 0.3 is 5.97 Å². The SMILES string of the molecule is CSCCC1(c2ccccc2)N=C(c2ccccc2)OC1=O. The van der Waals surface area contributed by atoms with Gasteiger partial charge in [0.1, 0.15) is 0 Å². The van der Waals surface area contributed by atoms with Crippen LogP contribution >= 0.6 is 11.8 Å². The number of thioether (sulfide) groups is 1. The van der Waals surface area contributed by atoms with Crippen LogP contribution in [0.2, 0.25) is 0 Å². The number of carbonyl (C=O) groups excluding carboxylic acids is 1. The van der Waals surface area contributed by atoms with Crippen LogP contribution in [0.3, 0.4) is 0 Å². The molecule has 0 aromatic heterocycles. The van der Waals surface area contributed by atoms with Crippen molar-refractivity contribution in [1.82, 2.24) is 0 Å². The van der Waals surface area contributed by atoms with Crippen LogP contribution in [0.4, 0.5) is 0 Å². The first-order valence-corrected chi connectivity index (χ1v) is 8.58. The summed E-state index contributed by atoms with van der Waals surface area (Å²) in [6, 6.07) is 19.2. The van der Waals surface area contributed by atoms with Crippen molar-refractivity contribution in [3.8, 4) is 0 Å². The fourth-order valence-corrected chi connectivity index (χ4v) is 3.07. The lowest BCUT2D eigenvalue weighted by molar-refractivity contribution is -0.139. The number of hydrogen-bond acceptors (Lipinski definition) is 4. The number of benzene rings is 2. The molecule has 3 nitrogen and oxygen atoms in total. The number of hydrogen-bond donors (Lipinski definition) is 0. The summed E-state index contributed by atoms with van der Waals surface area (Å²) in [6.07, 6.45) is 2.66. The minimum absolute atomic E-state index is 0.286. The third-order valence-electron chi connectivity index (χ3n) is 3.76. The van der Waals surface area contributed by atoms with E-state index in [9.17, 15) is 4.79 Å². The van der Waals surface area contributed by atoms with Gasteiger partial charge in [-0.1, -0.05) is 48.5 Å². The molecule has 1 aliphatic heterocycles. The first-order chi connectivity index (χ1) is 10.8. The van der Waals surface area contributed by atoms with Crippen LogP contribution in [0.5, 0.6) is 0 Å². The van der Waals surface area contributed by atoms with Crippen LogP contribution < -0.4 is 0 Å². The van der Waals surface area contributed by atoms with Crippen molar-refractivity contribution < 1.29 is 9.53 Å². The van der Waals surface area contributed by atoms with Crippen LogP contribution in [0.1, 0.15) is 17.5 Å². The lowest BCUT2D eigenvalue weighted by Gasteiger charge is -2.21. The average Bonchev–Trinajstić information content (AvgIpc) is 2.92. The maximum Gasteiger partial charge on any atom is 0.345 e. The van der Waals surface area contributed by atoms with E-state index < -0.39 is 5.54 Å². The van der Waals surface area contributed by atoms with Crippen molar-refractivity contribution in [2.75, 3.05) is 12.0 Å². The number of aliphatic imine (C=N–C) groups is 1. The molecule has 0 fully saturated rings. The average molecular weight is 311 g/mol. The summed E-state index contributed by atoms with van der Waals surface area (Å²) in [6.45, 7) is 0. The van der Waals surface area contributed by atoms with Crippen LogP contribution in [0.25, 0.3) is 0 Å². The first kappa shape index (κ1) is 14.9. The molecule has 22 heavy (non-hydrogen) atoms. The third-order valence-corrected chi connectivity index (χ3v) is 4.37. The highest BCUT2D eigenvalue weighted by atomic mass is 32.2. The van der Waals surface area contributed by atoms with E-state index >= 15 is 0 Å². The Labute approximate surface area is 134 Å². The van der Waals surface area contributed by atoms with Gasteiger partial charge in [-0.15, -0.1) is 0 Å². The lowest BCUT2D eigenvalue weighted by Crippen LogP contribution is -2.31.